The number of carbonyl (C=O) groups is 3. The minimum Gasteiger partial charge on any atom is -0.481 e. The number of nitrogens with one attached hydrogen (secondary N) is 1. The highest BCUT2D eigenvalue weighted by molar-refractivity contribution is 7.92. The van der Waals surface area contributed by atoms with E-state index in [9.17, 15) is 27.9 Å². The van der Waals surface area contributed by atoms with Gasteiger partial charge >= 0.3 is 17.9 Å². The number of rotatable bonds is 14. The normalized spacial score (nSPS) is 23.7. The third-order valence-electron chi connectivity index (χ3n) is 9.99. The van der Waals surface area contributed by atoms with Gasteiger partial charge in [0.1, 0.15) is 0 Å². The topological polar surface area (TPSA) is 220 Å². The molecule has 15 heteroatoms. The van der Waals surface area contributed by atoms with Crippen LogP contribution in [0.1, 0.15) is 76.7 Å². The van der Waals surface area contributed by atoms with Crippen molar-refractivity contribution in [3.8, 4) is 0 Å². The number of aliphatic hydroxyl groups is 2. The van der Waals surface area contributed by atoms with Gasteiger partial charge in [0, 0.05) is 37.4 Å². The SMILES string of the molecule is CCC1(c2cccc(NS(=O)(=O)c3cn(C)cn3)c2)C2CN(CCCC3(O)CCCCC3)CC21.O=C(O)CC(O)(CC(=O)O)C(=O)O. The number of sulfonamides is 1. The smallest absolute Gasteiger partial charge is 0.336 e. The van der Waals surface area contributed by atoms with Crippen molar-refractivity contribution in [3.05, 3.63) is 42.4 Å². The number of nitrogens with zero attached hydrogens (tertiary/aromatic N) is 3. The maximum absolute atomic E-state index is 12.7. The van der Waals surface area contributed by atoms with Crippen LogP contribution in [0.3, 0.4) is 0 Å². The summed E-state index contributed by atoms with van der Waals surface area (Å²) in [5.41, 5.74) is -1.18. The summed E-state index contributed by atoms with van der Waals surface area (Å²) in [5.74, 6) is -3.77. The number of piperidine rings is 1. The van der Waals surface area contributed by atoms with E-state index in [1.807, 2.05) is 18.2 Å². The number of aromatic nitrogens is 2. The first-order valence-corrected chi connectivity index (χ1v) is 17.5. The van der Waals surface area contributed by atoms with Gasteiger partial charge in [0.15, 0.2) is 10.6 Å². The van der Waals surface area contributed by atoms with Gasteiger partial charge in [-0.25, -0.2) is 9.78 Å². The minimum atomic E-state index is -3.70. The molecule has 2 unspecified atom stereocenters. The molecule has 2 heterocycles. The zero-order chi connectivity index (χ0) is 34.6. The molecular formula is C32H46N4O10S. The first-order chi connectivity index (χ1) is 22.0. The van der Waals surface area contributed by atoms with Crippen molar-refractivity contribution in [2.24, 2.45) is 18.9 Å². The molecule has 47 heavy (non-hydrogen) atoms. The molecular weight excluding hydrogens is 632 g/mol. The van der Waals surface area contributed by atoms with Crippen LogP contribution < -0.4 is 4.72 Å². The van der Waals surface area contributed by atoms with E-state index in [1.54, 1.807) is 11.6 Å². The molecule has 1 aliphatic heterocycles. The molecule has 260 valence electrons. The molecule has 2 aromatic rings. The van der Waals surface area contributed by atoms with E-state index < -0.39 is 52.0 Å². The zero-order valence-electron chi connectivity index (χ0n) is 26.8. The van der Waals surface area contributed by atoms with Gasteiger partial charge < -0.3 is 35.0 Å². The van der Waals surface area contributed by atoms with Crippen molar-refractivity contribution in [2.45, 2.75) is 92.8 Å². The number of likely N-dealkylation sites (tertiary alicyclic amines) is 1. The molecule has 6 N–H and O–H groups in total. The predicted molar refractivity (Wildman–Crippen MR) is 170 cm³/mol. The highest BCUT2D eigenvalue weighted by Gasteiger charge is 2.67. The zero-order valence-corrected chi connectivity index (χ0v) is 27.7. The van der Waals surface area contributed by atoms with E-state index in [0.717, 1.165) is 51.7 Å². The second kappa shape index (κ2) is 14.3. The molecule has 0 radical (unpaired) electrons. The number of aryl methyl sites for hydroxylation is 1. The molecule has 2 saturated carbocycles. The lowest BCUT2D eigenvalue weighted by molar-refractivity contribution is -0.170. The van der Waals surface area contributed by atoms with Crippen LogP contribution in [-0.4, -0.2) is 97.1 Å². The Bertz CT molecular complexity index is 1520. The number of anilines is 1. The Labute approximate surface area is 274 Å². The van der Waals surface area contributed by atoms with Crippen LogP contribution in [0.5, 0.6) is 0 Å². The summed E-state index contributed by atoms with van der Waals surface area (Å²) >= 11 is 0. The van der Waals surface area contributed by atoms with E-state index in [4.69, 9.17) is 20.4 Å². The summed E-state index contributed by atoms with van der Waals surface area (Å²) in [4.78, 5) is 37.0. The maximum atomic E-state index is 12.7. The van der Waals surface area contributed by atoms with Crippen molar-refractivity contribution in [1.29, 1.82) is 0 Å². The Morgan fingerprint density at radius 1 is 1.04 bits per heavy atom. The average Bonchev–Trinajstić information content (AvgIpc) is 3.27. The van der Waals surface area contributed by atoms with Gasteiger partial charge in [-0.15, -0.1) is 0 Å². The number of imidazole rings is 1. The lowest BCUT2D eigenvalue weighted by Crippen LogP contribution is -2.42. The number of carboxylic acid groups (broad SMARTS) is 3. The predicted octanol–water partition coefficient (Wildman–Crippen LogP) is 2.66. The number of carboxylic acids is 3. The first-order valence-electron chi connectivity index (χ1n) is 16.0. The number of hydrogen-bond donors (Lipinski definition) is 6. The highest BCUT2D eigenvalue weighted by Crippen LogP contribution is 2.65. The Morgan fingerprint density at radius 2 is 1.66 bits per heavy atom. The third kappa shape index (κ3) is 8.50. The van der Waals surface area contributed by atoms with Crippen molar-refractivity contribution in [1.82, 2.24) is 14.5 Å². The molecule has 2 aliphatic carbocycles. The average molecular weight is 679 g/mol. The van der Waals surface area contributed by atoms with Crippen molar-refractivity contribution in [3.63, 3.8) is 0 Å². The first kappa shape index (κ1) is 36.3. The van der Waals surface area contributed by atoms with Gasteiger partial charge in [0.25, 0.3) is 10.0 Å². The van der Waals surface area contributed by atoms with Crippen LogP contribution in [0.15, 0.2) is 41.8 Å². The Morgan fingerprint density at radius 3 is 2.17 bits per heavy atom. The lowest BCUT2D eigenvalue weighted by Gasteiger charge is -2.33. The van der Waals surface area contributed by atoms with Crippen LogP contribution in [-0.2, 0) is 36.9 Å². The summed E-state index contributed by atoms with van der Waals surface area (Å²) < 4.78 is 29.8. The fraction of sp³-hybridized carbons (Fsp3) is 0.625. The summed E-state index contributed by atoms with van der Waals surface area (Å²) in [6.07, 6.45) is 9.31. The number of fused-ring (bicyclic) bond motifs is 1. The van der Waals surface area contributed by atoms with Crippen molar-refractivity contribution >= 4 is 33.6 Å². The molecule has 0 amide bonds. The van der Waals surface area contributed by atoms with Crippen LogP contribution in [0, 0.1) is 11.8 Å². The van der Waals surface area contributed by atoms with Gasteiger partial charge in [-0.05, 0) is 68.2 Å². The molecule has 14 nitrogen and oxygen atoms in total. The summed E-state index contributed by atoms with van der Waals surface area (Å²) in [6.45, 7) is 5.52. The largest absolute Gasteiger partial charge is 0.481 e. The summed E-state index contributed by atoms with van der Waals surface area (Å²) in [6, 6.07) is 7.95. The fourth-order valence-corrected chi connectivity index (χ4v) is 8.60. The molecule has 3 fully saturated rings. The molecule has 5 rings (SSSR count). The molecule has 0 spiro atoms. The van der Waals surface area contributed by atoms with Crippen molar-refractivity contribution < 1.29 is 48.3 Å². The van der Waals surface area contributed by atoms with E-state index in [2.05, 4.69) is 27.6 Å². The number of aliphatic carboxylic acids is 3. The Balaban J connectivity index is 0.000000328. The molecule has 1 aromatic heterocycles. The molecule has 2 atom stereocenters. The second-order valence-electron chi connectivity index (χ2n) is 13.3. The highest BCUT2D eigenvalue weighted by atomic mass is 32.2. The van der Waals surface area contributed by atoms with E-state index in [1.165, 1.54) is 37.4 Å². The monoisotopic (exact) mass is 678 g/mol. The van der Waals surface area contributed by atoms with Gasteiger partial charge in [-0.3, -0.25) is 14.3 Å². The number of hydrogen-bond acceptors (Lipinski definition) is 9. The molecule has 1 saturated heterocycles. The Hall–Kier alpha value is -3.53. The van der Waals surface area contributed by atoms with E-state index in [-0.39, 0.29) is 10.4 Å². The lowest BCUT2D eigenvalue weighted by atomic mass is 9.81. The molecule has 1 aromatic carbocycles. The summed E-state index contributed by atoms with van der Waals surface area (Å²) in [7, 11) is -1.95. The van der Waals surface area contributed by atoms with Gasteiger partial charge in [0.05, 0.1) is 24.8 Å². The third-order valence-corrected chi connectivity index (χ3v) is 11.3. The van der Waals surface area contributed by atoms with Crippen molar-refractivity contribution in [2.75, 3.05) is 24.4 Å². The van der Waals surface area contributed by atoms with Crippen LogP contribution in [0.25, 0.3) is 0 Å². The van der Waals surface area contributed by atoms with E-state index >= 15 is 0 Å². The molecule has 3 aliphatic rings. The van der Waals surface area contributed by atoms with Crippen LogP contribution >= 0.6 is 0 Å². The van der Waals surface area contributed by atoms with E-state index in [0.29, 0.717) is 17.5 Å². The van der Waals surface area contributed by atoms with Crippen LogP contribution in [0.2, 0.25) is 0 Å². The minimum absolute atomic E-state index is 0.0300. The fourth-order valence-electron chi connectivity index (χ4n) is 7.57. The standard InChI is InChI=1S/C26H38N4O3S.C6H8O7/c1-3-26(20-9-7-10-21(15-20)28-34(32,33)24-18-29(2)19-27-24)22-16-30(17-23(22)26)14-8-13-25(31)11-5-4-6-12-25;7-3(8)1-6(13,5(11)12)2-4(9)10/h7,9-10,15,18-19,22-23,28,31H,3-6,8,11-14,16-17H2,1-2H3;13H,1-2H2,(H,7,8)(H,9,10)(H,11,12). The van der Waals surface area contributed by atoms with Gasteiger partial charge in [-0.2, -0.15) is 8.42 Å². The van der Waals surface area contributed by atoms with Crippen LogP contribution in [0.4, 0.5) is 5.69 Å². The second-order valence-corrected chi connectivity index (χ2v) is 14.9. The maximum Gasteiger partial charge on any atom is 0.336 e. The Kier molecular flexibility index (Phi) is 11.0. The molecule has 0 bridgehead atoms. The van der Waals surface area contributed by atoms with Gasteiger partial charge in [-0.1, -0.05) is 38.3 Å². The van der Waals surface area contributed by atoms with Gasteiger partial charge in [0.2, 0.25) is 0 Å². The number of benzene rings is 1. The quantitative estimate of drug-likeness (QED) is 0.170. The summed E-state index contributed by atoms with van der Waals surface area (Å²) in [5, 5.41) is 44.6.